The average Bonchev–Trinajstić information content (AvgIpc) is 2.34. The summed E-state index contributed by atoms with van der Waals surface area (Å²) >= 11 is 0. The Labute approximate surface area is 104 Å². The van der Waals surface area contributed by atoms with Gasteiger partial charge in [-0.15, -0.1) is 0 Å². The molecule has 7 heteroatoms. The van der Waals surface area contributed by atoms with E-state index in [-0.39, 0.29) is 17.6 Å². The minimum Gasteiger partial charge on any atom is -0.365 e. The van der Waals surface area contributed by atoms with Crippen LogP contribution < -0.4 is 5.32 Å². The Morgan fingerprint density at radius 1 is 1.61 bits per heavy atom. The molecule has 1 aromatic rings. The summed E-state index contributed by atoms with van der Waals surface area (Å²) in [7, 11) is 1.75. The SMILES string of the molecule is CN1CC(Nc2cc([N+](=O)[O-])ccn2)CCC1=O. The maximum atomic E-state index is 11.3. The molecule has 0 aliphatic carbocycles. The summed E-state index contributed by atoms with van der Waals surface area (Å²) < 4.78 is 0. The van der Waals surface area contributed by atoms with Gasteiger partial charge in [-0.3, -0.25) is 14.9 Å². The molecule has 1 aliphatic heterocycles. The van der Waals surface area contributed by atoms with Crippen molar-refractivity contribution in [3.05, 3.63) is 28.4 Å². The van der Waals surface area contributed by atoms with Gasteiger partial charge in [0.1, 0.15) is 5.82 Å². The average molecular weight is 250 g/mol. The molecule has 0 radical (unpaired) electrons. The van der Waals surface area contributed by atoms with Crippen LogP contribution in [0.3, 0.4) is 0 Å². The van der Waals surface area contributed by atoms with Gasteiger partial charge in [0, 0.05) is 38.3 Å². The number of nitrogens with one attached hydrogen (secondary N) is 1. The van der Waals surface area contributed by atoms with E-state index in [9.17, 15) is 14.9 Å². The molecule has 0 aromatic carbocycles. The molecular weight excluding hydrogens is 236 g/mol. The van der Waals surface area contributed by atoms with Crippen molar-refractivity contribution < 1.29 is 9.72 Å². The zero-order chi connectivity index (χ0) is 13.1. The highest BCUT2D eigenvalue weighted by Crippen LogP contribution is 2.18. The maximum absolute atomic E-state index is 11.3. The van der Waals surface area contributed by atoms with Crippen LogP contribution >= 0.6 is 0 Å². The number of hydrogen-bond donors (Lipinski definition) is 1. The highest BCUT2D eigenvalue weighted by Gasteiger charge is 2.23. The molecule has 18 heavy (non-hydrogen) atoms. The molecule has 2 rings (SSSR count). The number of hydrogen-bond acceptors (Lipinski definition) is 5. The van der Waals surface area contributed by atoms with Gasteiger partial charge in [-0.05, 0) is 6.42 Å². The number of piperidine rings is 1. The smallest absolute Gasteiger partial charge is 0.274 e. The van der Waals surface area contributed by atoms with Gasteiger partial charge in [0.05, 0.1) is 11.0 Å². The molecule has 0 bridgehead atoms. The molecule has 1 N–H and O–H groups in total. The molecule has 7 nitrogen and oxygen atoms in total. The summed E-state index contributed by atoms with van der Waals surface area (Å²) in [5.41, 5.74) is 0.00717. The van der Waals surface area contributed by atoms with Gasteiger partial charge in [-0.2, -0.15) is 0 Å². The molecular formula is C11H14N4O3. The third-order valence-corrected chi connectivity index (χ3v) is 2.93. The molecule has 1 aromatic heterocycles. The lowest BCUT2D eigenvalue weighted by atomic mass is 10.1. The Kier molecular flexibility index (Phi) is 3.40. The number of nitrogens with zero attached hydrogens (tertiary/aromatic N) is 3. The van der Waals surface area contributed by atoms with Gasteiger partial charge < -0.3 is 10.2 Å². The van der Waals surface area contributed by atoms with E-state index >= 15 is 0 Å². The van der Waals surface area contributed by atoms with Crippen molar-refractivity contribution in [3.63, 3.8) is 0 Å². The van der Waals surface area contributed by atoms with Crippen molar-refractivity contribution in [2.75, 3.05) is 18.9 Å². The minimum atomic E-state index is -0.455. The van der Waals surface area contributed by atoms with Gasteiger partial charge in [0.2, 0.25) is 5.91 Å². The Bertz CT molecular complexity index is 477. The third-order valence-electron chi connectivity index (χ3n) is 2.93. The second-order valence-corrected chi connectivity index (χ2v) is 4.31. The van der Waals surface area contributed by atoms with Crippen molar-refractivity contribution >= 4 is 17.4 Å². The summed E-state index contributed by atoms with van der Waals surface area (Å²) in [6, 6.07) is 2.83. The van der Waals surface area contributed by atoms with Crippen LogP contribution in [0.5, 0.6) is 0 Å². The fraction of sp³-hybridized carbons (Fsp3) is 0.455. The summed E-state index contributed by atoms with van der Waals surface area (Å²) in [6.45, 7) is 0.587. The number of anilines is 1. The number of carbonyl (C=O) groups is 1. The van der Waals surface area contributed by atoms with Crippen molar-refractivity contribution in [2.24, 2.45) is 0 Å². The van der Waals surface area contributed by atoms with E-state index in [0.717, 1.165) is 0 Å². The molecule has 0 saturated carbocycles. The molecule has 1 aliphatic rings. The Balaban J connectivity index is 2.03. The Morgan fingerprint density at radius 3 is 3.06 bits per heavy atom. The Morgan fingerprint density at radius 2 is 2.39 bits per heavy atom. The first kappa shape index (κ1) is 12.3. The summed E-state index contributed by atoms with van der Waals surface area (Å²) in [6.07, 6.45) is 2.61. The van der Waals surface area contributed by atoms with Crippen molar-refractivity contribution in [1.82, 2.24) is 9.88 Å². The summed E-state index contributed by atoms with van der Waals surface area (Å²) in [5, 5.41) is 13.8. The fourth-order valence-corrected chi connectivity index (χ4v) is 1.95. The minimum absolute atomic E-state index is 0.00717. The predicted octanol–water partition coefficient (Wildman–Crippen LogP) is 1.02. The van der Waals surface area contributed by atoms with Crippen molar-refractivity contribution in [2.45, 2.75) is 18.9 Å². The lowest BCUT2D eigenvalue weighted by molar-refractivity contribution is -0.384. The number of rotatable bonds is 3. The maximum Gasteiger partial charge on any atom is 0.274 e. The highest BCUT2D eigenvalue weighted by molar-refractivity contribution is 5.77. The number of nitro groups is 1. The van der Waals surface area contributed by atoms with Gasteiger partial charge in [0.15, 0.2) is 0 Å². The van der Waals surface area contributed by atoms with Gasteiger partial charge in [-0.1, -0.05) is 0 Å². The normalized spacial score (nSPS) is 19.7. The van der Waals surface area contributed by atoms with Gasteiger partial charge in [-0.25, -0.2) is 4.98 Å². The van der Waals surface area contributed by atoms with E-state index in [1.807, 2.05) is 0 Å². The van der Waals surface area contributed by atoms with Crippen LogP contribution in [0, 0.1) is 10.1 Å². The number of aromatic nitrogens is 1. The van der Waals surface area contributed by atoms with Crippen LogP contribution in [0.15, 0.2) is 18.3 Å². The second kappa shape index (κ2) is 4.99. The van der Waals surface area contributed by atoms with Gasteiger partial charge in [0.25, 0.3) is 5.69 Å². The van der Waals surface area contributed by atoms with E-state index < -0.39 is 4.92 Å². The molecule has 1 saturated heterocycles. The number of likely N-dealkylation sites (N-methyl/N-ethyl adjacent to an activating group) is 1. The lowest BCUT2D eigenvalue weighted by Crippen LogP contribution is -2.43. The zero-order valence-corrected chi connectivity index (χ0v) is 10.00. The molecule has 2 heterocycles. The van der Waals surface area contributed by atoms with Crippen LogP contribution in [0.25, 0.3) is 0 Å². The first-order valence-corrected chi connectivity index (χ1v) is 5.67. The molecule has 1 atom stereocenters. The zero-order valence-electron chi connectivity index (χ0n) is 10.00. The van der Waals surface area contributed by atoms with Gasteiger partial charge >= 0.3 is 0 Å². The molecule has 1 fully saturated rings. The van der Waals surface area contributed by atoms with Crippen LogP contribution in [-0.4, -0.2) is 40.3 Å². The topological polar surface area (TPSA) is 88.4 Å². The quantitative estimate of drug-likeness (QED) is 0.639. The molecule has 1 unspecified atom stereocenters. The highest BCUT2D eigenvalue weighted by atomic mass is 16.6. The molecule has 1 amide bonds. The van der Waals surface area contributed by atoms with E-state index in [0.29, 0.717) is 25.2 Å². The number of amides is 1. The lowest BCUT2D eigenvalue weighted by Gasteiger charge is -2.30. The Hall–Kier alpha value is -2.18. The predicted molar refractivity (Wildman–Crippen MR) is 65.2 cm³/mol. The summed E-state index contributed by atoms with van der Waals surface area (Å²) in [4.78, 5) is 27.2. The fourth-order valence-electron chi connectivity index (χ4n) is 1.95. The monoisotopic (exact) mass is 250 g/mol. The molecule has 96 valence electrons. The summed E-state index contributed by atoms with van der Waals surface area (Å²) in [5.74, 6) is 0.594. The van der Waals surface area contributed by atoms with E-state index in [4.69, 9.17) is 0 Å². The number of carbonyl (C=O) groups excluding carboxylic acids is 1. The van der Waals surface area contributed by atoms with Crippen molar-refractivity contribution in [3.8, 4) is 0 Å². The largest absolute Gasteiger partial charge is 0.365 e. The van der Waals surface area contributed by atoms with E-state index in [1.54, 1.807) is 11.9 Å². The molecule has 0 spiro atoms. The van der Waals surface area contributed by atoms with Crippen LogP contribution in [0.1, 0.15) is 12.8 Å². The first-order chi connectivity index (χ1) is 8.56. The van der Waals surface area contributed by atoms with Crippen LogP contribution in [-0.2, 0) is 4.79 Å². The van der Waals surface area contributed by atoms with Crippen LogP contribution in [0.4, 0.5) is 11.5 Å². The number of likely N-dealkylation sites (tertiary alicyclic amines) is 1. The second-order valence-electron chi connectivity index (χ2n) is 4.31. The first-order valence-electron chi connectivity index (χ1n) is 5.67. The van der Waals surface area contributed by atoms with Crippen LogP contribution in [0.2, 0.25) is 0 Å². The van der Waals surface area contributed by atoms with E-state index in [2.05, 4.69) is 10.3 Å². The number of pyridine rings is 1. The van der Waals surface area contributed by atoms with Crippen molar-refractivity contribution in [1.29, 1.82) is 0 Å². The van der Waals surface area contributed by atoms with E-state index in [1.165, 1.54) is 18.3 Å². The standard InChI is InChI=1S/C11H14N4O3/c1-14-7-8(2-3-11(14)16)13-10-6-9(15(17)18)4-5-12-10/h4-6,8H,2-3,7H2,1H3,(H,12,13). The third kappa shape index (κ3) is 2.73.